The standard InChI is InChI=1S/C15H23N5O/c1-4-10-16-12(2)15-17-18-19-20(15)11-9-13-7-5-6-8-14(13)21-3/h5-8,12,16H,4,9-11H2,1-3H3. The lowest BCUT2D eigenvalue weighted by Crippen LogP contribution is -2.23. The third kappa shape index (κ3) is 4.01. The maximum atomic E-state index is 5.37. The number of tetrazole rings is 1. The lowest BCUT2D eigenvalue weighted by atomic mass is 10.1. The summed E-state index contributed by atoms with van der Waals surface area (Å²) in [5, 5.41) is 15.4. The minimum Gasteiger partial charge on any atom is -0.496 e. The van der Waals surface area contributed by atoms with Crippen LogP contribution in [0.1, 0.15) is 37.7 Å². The summed E-state index contributed by atoms with van der Waals surface area (Å²) in [4.78, 5) is 0. The first-order valence-electron chi connectivity index (χ1n) is 7.37. The van der Waals surface area contributed by atoms with E-state index in [4.69, 9.17) is 4.74 Å². The third-order valence-corrected chi connectivity index (χ3v) is 3.43. The smallest absolute Gasteiger partial charge is 0.167 e. The maximum absolute atomic E-state index is 5.37. The highest BCUT2D eigenvalue weighted by molar-refractivity contribution is 5.33. The second-order valence-corrected chi connectivity index (χ2v) is 5.00. The van der Waals surface area contributed by atoms with Crippen LogP contribution in [0.3, 0.4) is 0 Å². The highest BCUT2D eigenvalue weighted by Gasteiger charge is 2.14. The van der Waals surface area contributed by atoms with Gasteiger partial charge in [0.15, 0.2) is 5.82 Å². The molecule has 0 aliphatic heterocycles. The van der Waals surface area contributed by atoms with Crippen molar-refractivity contribution in [3.8, 4) is 5.75 Å². The van der Waals surface area contributed by atoms with Crippen molar-refractivity contribution in [2.24, 2.45) is 0 Å². The Morgan fingerprint density at radius 2 is 2.14 bits per heavy atom. The number of nitrogens with one attached hydrogen (secondary N) is 1. The third-order valence-electron chi connectivity index (χ3n) is 3.43. The molecule has 0 saturated carbocycles. The van der Waals surface area contributed by atoms with E-state index < -0.39 is 0 Å². The normalized spacial score (nSPS) is 12.3. The van der Waals surface area contributed by atoms with Crippen LogP contribution in [-0.2, 0) is 13.0 Å². The molecule has 1 aromatic carbocycles. The summed E-state index contributed by atoms with van der Waals surface area (Å²) in [5.74, 6) is 1.78. The first kappa shape index (κ1) is 15.4. The van der Waals surface area contributed by atoms with E-state index in [1.165, 1.54) is 0 Å². The predicted molar refractivity (Wildman–Crippen MR) is 81.2 cm³/mol. The number of hydrogen-bond donors (Lipinski definition) is 1. The molecule has 21 heavy (non-hydrogen) atoms. The second-order valence-electron chi connectivity index (χ2n) is 5.00. The minimum absolute atomic E-state index is 0.151. The number of rotatable bonds is 8. The van der Waals surface area contributed by atoms with Crippen molar-refractivity contribution < 1.29 is 4.74 Å². The van der Waals surface area contributed by atoms with Gasteiger partial charge in [-0.1, -0.05) is 25.1 Å². The molecule has 0 saturated heterocycles. The summed E-state index contributed by atoms with van der Waals surface area (Å²) in [7, 11) is 1.69. The Bertz CT molecular complexity index is 555. The Morgan fingerprint density at radius 1 is 1.33 bits per heavy atom. The van der Waals surface area contributed by atoms with Gasteiger partial charge in [0.05, 0.1) is 13.2 Å². The zero-order valence-corrected chi connectivity index (χ0v) is 12.9. The predicted octanol–water partition coefficient (Wildman–Crippen LogP) is 1.98. The molecule has 0 bridgehead atoms. The van der Waals surface area contributed by atoms with Crippen LogP contribution in [-0.4, -0.2) is 33.9 Å². The lowest BCUT2D eigenvalue weighted by Gasteiger charge is -2.13. The van der Waals surface area contributed by atoms with E-state index in [1.54, 1.807) is 7.11 Å². The van der Waals surface area contributed by atoms with Gasteiger partial charge in [0.1, 0.15) is 5.75 Å². The molecule has 1 aromatic heterocycles. The van der Waals surface area contributed by atoms with E-state index in [0.717, 1.165) is 43.1 Å². The number of nitrogens with zero attached hydrogens (tertiary/aromatic N) is 4. The van der Waals surface area contributed by atoms with Crippen LogP contribution < -0.4 is 10.1 Å². The number of hydrogen-bond acceptors (Lipinski definition) is 5. The Labute approximate surface area is 125 Å². The summed E-state index contributed by atoms with van der Waals surface area (Å²) in [5.41, 5.74) is 1.16. The fourth-order valence-electron chi connectivity index (χ4n) is 2.27. The van der Waals surface area contributed by atoms with E-state index in [0.29, 0.717) is 0 Å². The summed E-state index contributed by atoms with van der Waals surface area (Å²) in [6.45, 7) is 5.92. The van der Waals surface area contributed by atoms with Crippen molar-refractivity contribution in [2.45, 2.75) is 39.3 Å². The van der Waals surface area contributed by atoms with Crippen molar-refractivity contribution in [1.82, 2.24) is 25.5 Å². The van der Waals surface area contributed by atoms with Crippen LogP contribution in [0, 0.1) is 0 Å². The van der Waals surface area contributed by atoms with E-state index in [2.05, 4.69) is 40.8 Å². The highest BCUT2D eigenvalue weighted by Crippen LogP contribution is 2.18. The van der Waals surface area contributed by atoms with Gasteiger partial charge in [0, 0.05) is 6.54 Å². The van der Waals surface area contributed by atoms with Gasteiger partial charge in [-0.05, 0) is 48.4 Å². The molecule has 0 aliphatic carbocycles. The van der Waals surface area contributed by atoms with Crippen LogP contribution in [0.15, 0.2) is 24.3 Å². The van der Waals surface area contributed by atoms with Crippen molar-refractivity contribution in [1.29, 1.82) is 0 Å². The molecule has 0 radical (unpaired) electrons. The zero-order chi connectivity index (χ0) is 15.1. The van der Waals surface area contributed by atoms with E-state index in [1.807, 2.05) is 22.9 Å². The molecule has 2 aromatic rings. The fraction of sp³-hybridized carbons (Fsp3) is 0.533. The molecular weight excluding hydrogens is 266 g/mol. The Morgan fingerprint density at radius 3 is 2.90 bits per heavy atom. The molecule has 6 heteroatoms. The van der Waals surface area contributed by atoms with Crippen molar-refractivity contribution in [2.75, 3.05) is 13.7 Å². The molecule has 0 aliphatic rings. The first-order valence-corrected chi connectivity index (χ1v) is 7.37. The minimum atomic E-state index is 0.151. The number of methoxy groups -OCH3 is 1. The van der Waals surface area contributed by atoms with Gasteiger partial charge in [-0.3, -0.25) is 0 Å². The average Bonchev–Trinajstić information content (AvgIpc) is 2.99. The second kappa shape index (κ2) is 7.73. The van der Waals surface area contributed by atoms with Gasteiger partial charge >= 0.3 is 0 Å². The summed E-state index contributed by atoms with van der Waals surface area (Å²) >= 11 is 0. The van der Waals surface area contributed by atoms with Crippen molar-refractivity contribution >= 4 is 0 Å². The van der Waals surface area contributed by atoms with Crippen LogP contribution in [0.4, 0.5) is 0 Å². The van der Waals surface area contributed by atoms with E-state index in [9.17, 15) is 0 Å². The van der Waals surface area contributed by atoms with E-state index in [-0.39, 0.29) is 6.04 Å². The highest BCUT2D eigenvalue weighted by atomic mass is 16.5. The number of para-hydroxylation sites is 1. The largest absolute Gasteiger partial charge is 0.496 e. The molecular formula is C15H23N5O. The van der Waals surface area contributed by atoms with E-state index >= 15 is 0 Å². The molecule has 0 fully saturated rings. The average molecular weight is 289 g/mol. The molecule has 1 heterocycles. The van der Waals surface area contributed by atoms with Crippen LogP contribution in [0.2, 0.25) is 0 Å². The topological polar surface area (TPSA) is 64.9 Å². The Balaban J connectivity index is 2.02. The van der Waals surface area contributed by atoms with Gasteiger partial charge < -0.3 is 10.1 Å². The molecule has 0 amide bonds. The first-order chi connectivity index (χ1) is 10.3. The van der Waals surface area contributed by atoms with Crippen LogP contribution >= 0.6 is 0 Å². The molecule has 1 unspecified atom stereocenters. The summed E-state index contributed by atoms with van der Waals surface area (Å²) in [6, 6.07) is 8.19. The van der Waals surface area contributed by atoms with Gasteiger partial charge in [-0.15, -0.1) is 5.10 Å². The molecule has 1 atom stereocenters. The summed E-state index contributed by atoms with van der Waals surface area (Å²) < 4.78 is 7.23. The van der Waals surface area contributed by atoms with Gasteiger partial charge in [0.2, 0.25) is 0 Å². The maximum Gasteiger partial charge on any atom is 0.167 e. The number of aromatic nitrogens is 4. The molecule has 114 valence electrons. The van der Waals surface area contributed by atoms with Crippen molar-refractivity contribution in [3.05, 3.63) is 35.7 Å². The molecule has 2 rings (SSSR count). The quantitative estimate of drug-likeness (QED) is 0.805. The SMILES string of the molecule is CCCNC(C)c1nnnn1CCc1ccccc1OC. The monoisotopic (exact) mass is 289 g/mol. The molecule has 0 spiro atoms. The van der Waals surface area contributed by atoms with Gasteiger partial charge in [-0.2, -0.15) is 0 Å². The summed E-state index contributed by atoms with van der Waals surface area (Å²) in [6.07, 6.45) is 1.93. The van der Waals surface area contributed by atoms with Gasteiger partial charge in [0.25, 0.3) is 0 Å². The molecule has 6 nitrogen and oxygen atoms in total. The fourth-order valence-corrected chi connectivity index (χ4v) is 2.27. The van der Waals surface area contributed by atoms with Gasteiger partial charge in [-0.25, -0.2) is 4.68 Å². The van der Waals surface area contributed by atoms with Crippen LogP contribution in [0.25, 0.3) is 0 Å². The number of aryl methyl sites for hydroxylation is 2. The molecule has 1 N–H and O–H groups in total. The zero-order valence-electron chi connectivity index (χ0n) is 12.9. The lowest BCUT2D eigenvalue weighted by molar-refractivity contribution is 0.406. The number of ether oxygens (including phenoxy) is 1. The number of benzene rings is 1. The Kier molecular flexibility index (Phi) is 5.68. The van der Waals surface area contributed by atoms with Crippen molar-refractivity contribution in [3.63, 3.8) is 0 Å². The Hall–Kier alpha value is -1.95. The van der Waals surface area contributed by atoms with Crippen LogP contribution in [0.5, 0.6) is 5.75 Å².